The summed E-state index contributed by atoms with van der Waals surface area (Å²) in [5.74, 6) is -0.850. The molecule has 1 unspecified atom stereocenters. The van der Waals surface area contributed by atoms with Crippen molar-refractivity contribution in [2.75, 3.05) is 11.9 Å². The van der Waals surface area contributed by atoms with E-state index in [4.69, 9.17) is 5.21 Å². The molecular formula is C23H28F3N3O3. The molecule has 32 heavy (non-hydrogen) atoms. The second-order valence-corrected chi connectivity index (χ2v) is 7.37. The van der Waals surface area contributed by atoms with Crippen LogP contribution in [0.15, 0.2) is 48.5 Å². The lowest BCUT2D eigenvalue weighted by molar-refractivity contribution is -0.137. The minimum absolute atomic E-state index is 0.0421. The fraction of sp³-hybridized carbons (Fsp3) is 0.391. The van der Waals surface area contributed by atoms with Crippen molar-refractivity contribution in [2.45, 2.75) is 51.2 Å². The molecule has 2 aromatic carbocycles. The third kappa shape index (κ3) is 7.56. The number of carbonyl (C=O) groups excluding carboxylic acids is 2. The molecule has 0 aromatic heterocycles. The average molecular weight is 451 g/mol. The van der Waals surface area contributed by atoms with Crippen LogP contribution < -0.4 is 16.1 Å². The predicted octanol–water partition coefficient (Wildman–Crippen LogP) is 4.54. The fourth-order valence-corrected chi connectivity index (χ4v) is 3.46. The van der Waals surface area contributed by atoms with Crippen LogP contribution in [0.5, 0.6) is 0 Å². The molecular weight excluding hydrogens is 423 g/mol. The summed E-state index contributed by atoms with van der Waals surface area (Å²) in [5.41, 5.74) is 1.49. The number of carbonyl (C=O) groups is 2. The zero-order valence-corrected chi connectivity index (χ0v) is 17.8. The second kappa shape index (κ2) is 12.1. The molecule has 0 aliphatic carbocycles. The van der Waals surface area contributed by atoms with Crippen molar-refractivity contribution in [3.63, 3.8) is 0 Å². The van der Waals surface area contributed by atoms with Crippen LogP contribution in [0.25, 0.3) is 0 Å². The fourth-order valence-electron chi connectivity index (χ4n) is 3.46. The Morgan fingerprint density at radius 2 is 1.75 bits per heavy atom. The number of nitrogens with one attached hydrogen (secondary N) is 3. The van der Waals surface area contributed by atoms with Gasteiger partial charge in [0.1, 0.15) is 0 Å². The van der Waals surface area contributed by atoms with Gasteiger partial charge in [0.15, 0.2) is 0 Å². The van der Waals surface area contributed by atoms with Crippen molar-refractivity contribution in [3.8, 4) is 0 Å². The molecule has 0 aliphatic heterocycles. The maximum Gasteiger partial charge on any atom is 0.418 e. The highest BCUT2D eigenvalue weighted by Gasteiger charge is 2.36. The second-order valence-electron chi connectivity index (χ2n) is 7.37. The Bertz CT molecular complexity index is 889. The number of alkyl halides is 3. The van der Waals surface area contributed by atoms with Crippen LogP contribution in [-0.4, -0.2) is 29.6 Å². The molecule has 0 fully saturated rings. The molecule has 0 saturated heterocycles. The maximum atomic E-state index is 13.7. The number of anilines is 1. The van der Waals surface area contributed by atoms with Gasteiger partial charge in [0, 0.05) is 30.3 Å². The lowest BCUT2D eigenvalue weighted by Gasteiger charge is -2.24. The number of benzene rings is 2. The van der Waals surface area contributed by atoms with Crippen LogP contribution in [0.1, 0.15) is 54.1 Å². The van der Waals surface area contributed by atoms with Gasteiger partial charge in [-0.1, -0.05) is 37.3 Å². The van der Waals surface area contributed by atoms with E-state index < -0.39 is 23.7 Å². The van der Waals surface area contributed by atoms with Crippen LogP contribution in [0, 0.1) is 0 Å². The standard InChI is InChI=1S/C23H28F3N3O3/c1-2-16-10-6-12-19(21(16)23(24,25)26)28-18(13-14-20(30)29-32)11-7-15-27-22(31)17-8-4-3-5-9-17/h3-6,8-10,12,18,28,32H,2,7,11,13-15H2,1H3,(H,27,31)(H,29,30). The molecule has 2 amide bonds. The first-order valence-electron chi connectivity index (χ1n) is 10.5. The van der Waals surface area contributed by atoms with E-state index >= 15 is 0 Å². The van der Waals surface area contributed by atoms with Crippen molar-refractivity contribution < 1.29 is 28.0 Å². The SMILES string of the molecule is CCc1cccc(NC(CCCNC(=O)c2ccccc2)CCC(=O)NO)c1C(F)(F)F. The smallest absolute Gasteiger partial charge is 0.382 e. The number of hydroxylamine groups is 1. The molecule has 2 rings (SSSR count). The summed E-state index contributed by atoms with van der Waals surface area (Å²) in [6.45, 7) is 1.99. The Morgan fingerprint density at radius 3 is 2.38 bits per heavy atom. The molecule has 4 N–H and O–H groups in total. The van der Waals surface area contributed by atoms with Gasteiger partial charge in [0.25, 0.3) is 5.91 Å². The Balaban J connectivity index is 2.06. The molecule has 0 radical (unpaired) electrons. The molecule has 2 aromatic rings. The zero-order chi connectivity index (χ0) is 23.6. The zero-order valence-electron chi connectivity index (χ0n) is 17.8. The van der Waals surface area contributed by atoms with E-state index in [1.54, 1.807) is 43.3 Å². The summed E-state index contributed by atoms with van der Waals surface area (Å²) in [6, 6.07) is 12.6. The lowest BCUT2D eigenvalue weighted by atomic mass is 10.00. The predicted molar refractivity (Wildman–Crippen MR) is 115 cm³/mol. The minimum atomic E-state index is -4.52. The number of amides is 2. The van der Waals surface area contributed by atoms with Gasteiger partial charge in [-0.05, 0) is 49.4 Å². The van der Waals surface area contributed by atoms with Gasteiger partial charge in [0.05, 0.1) is 5.56 Å². The highest BCUT2D eigenvalue weighted by Crippen LogP contribution is 2.38. The van der Waals surface area contributed by atoms with Crippen LogP contribution >= 0.6 is 0 Å². The van der Waals surface area contributed by atoms with Crippen LogP contribution in [0.4, 0.5) is 18.9 Å². The maximum absolute atomic E-state index is 13.7. The summed E-state index contributed by atoms with van der Waals surface area (Å²) < 4.78 is 41.1. The van der Waals surface area contributed by atoms with Crippen LogP contribution in [0.3, 0.4) is 0 Å². The number of hydrogen-bond acceptors (Lipinski definition) is 4. The Hall–Kier alpha value is -3.07. The summed E-state index contributed by atoms with van der Waals surface area (Å²) >= 11 is 0. The molecule has 0 saturated carbocycles. The Morgan fingerprint density at radius 1 is 1.03 bits per heavy atom. The van der Waals surface area contributed by atoms with Gasteiger partial charge in [0.2, 0.25) is 5.91 Å². The van der Waals surface area contributed by atoms with Crippen molar-refractivity contribution >= 4 is 17.5 Å². The summed E-state index contributed by atoms with van der Waals surface area (Å²) in [7, 11) is 0. The lowest BCUT2D eigenvalue weighted by Crippen LogP contribution is -2.29. The van der Waals surface area contributed by atoms with Crippen LogP contribution in [-0.2, 0) is 17.4 Å². The largest absolute Gasteiger partial charge is 0.418 e. The quantitative estimate of drug-likeness (QED) is 0.229. The summed E-state index contributed by atoms with van der Waals surface area (Å²) in [5, 5.41) is 14.4. The number of hydrogen-bond donors (Lipinski definition) is 4. The van der Waals surface area contributed by atoms with E-state index in [0.29, 0.717) is 24.9 Å². The van der Waals surface area contributed by atoms with E-state index in [-0.39, 0.29) is 36.4 Å². The first-order valence-corrected chi connectivity index (χ1v) is 10.5. The van der Waals surface area contributed by atoms with E-state index in [2.05, 4.69) is 10.6 Å². The molecule has 0 bridgehead atoms. The van der Waals surface area contributed by atoms with E-state index in [1.807, 2.05) is 0 Å². The molecule has 6 nitrogen and oxygen atoms in total. The molecule has 0 aliphatic rings. The topological polar surface area (TPSA) is 90.5 Å². The van der Waals surface area contributed by atoms with Crippen molar-refractivity contribution in [1.29, 1.82) is 0 Å². The number of halogens is 3. The minimum Gasteiger partial charge on any atom is -0.382 e. The molecule has 0 spiro atoms. The first-order chi connectivity index (χ1) is 15.3. The van der Waals surface area contributed by atoms with E-state index in [9.17, 15) is 22.8 Å². The first kappa shape index (κ1) is 25.2. The third-order valence-electron chi connectivity index (χ3n) is 5.07. The average Bonchev–Trinajstić information content (AvgIpc) is 2.79. The van der Waals surface area contributed by atoms with Gasteiger partial charge in [-0.15, -0.1) is 0 Å². The highest BCUT2D eigenvalue weighted by molar-refractivity contribution is 5.94. The van der Waals surface area contributed by atoms with Gasteiger partial charge >= 0.3 is 6.18 Å². The third-order valence-corrected chi connectivity index (χ3v) is 5.07. The molecule has 0 heterocycles. The summed E-state index contributed by atoms with van der Waals surface area (Å²) in [4.78, 5) is 23.6. The van der Waals surface area contributed by atoms with Gasteiger partial charge in [-0.2, -0.15) is 13.2 Å². The van der Waals surface area contributed by atoms with E-state index in [1.165, 1.54) is 17.6 Å². The van der Waals surface area contributed by atoms with Crippen molar-refractivity contribution in [2.24, 2.45) is 0 Å². The van der Waals surface area contributed by atoms with Gasteiger partial charge in [-0.25, -0.2) is 5.48 Å². The Kier molecular flexibility index (Phi) is 9.52. The Labute approximate surface area is 185 Å². The highest BCUT2D eigenvalue weighted by atomic mass is 19.4. The molecule has 174 valence electrons. The van der Waals surface area contributed by atoms with Gasteiger partial charge in [-0.3, -0.25) is 14.8 Å². The summed E-state index contributed by atoms with van der Waals surface area (Å²) in [6.07, 6.45) is -3.22. The monoisotopic (exact) mass is 451 g/mol. The van der Waals surface area contributed by atoms with Crippen LogP contribution in [0.2, 0.25) is 0 Å². The normalized spacial score (nSPS) is 12.2. The van der Waals surface area contributed by atoms with E-state index in [0.717, 1.165) is 0 Å². The number of aryl methyl sites for hydroxylation is 1. The van der Waals surface area contributed by atoms with Crippen molar-refractivity contribution in [1.82, 2.24) is 10.8 Å². The molecule has 1 atom stereocenters. The van der Waals surface area contributed by atoms with Crippen molar-refractivity contribution in [3.05, 3.63) is 65.2 Å². The molecule has 9 heteroatoms. The number of rotatable bonds is 11. The van der Waals surface area contributed by atoms with Gasteiger partial charge < -0.3 is 10.6 Å².